The van der Waals surface area contributed by atoms with Gasteiger partial charge in [-0.3, -0.25) is 4.79 Å². The van der Waals surface area contributed by atoms with Gasteiger partial charge in [-0.2, -0.15) is 13.2 Å². The van der Waals surface area contributed by atoms with E-state index in [0.29, 0.717) is 12.2 Å². The molecule has 0 saturated carbocycles. The number of para-hydroxylation sites is 1. The van der Waals surface area contributed by atoms with E-state index in [-0.39, 0.29) is 24.8 Å². The Hall–Kier alpha value is -2.25. The first-order valence-corrected chi connectivity index (χ1v) is 7.78. The van der Waals surface area contributed by atoms with Gasteiger partial charge in [0.25, 0.3) is 5.91 Å². The van der Waals surface area contributed by atoms with Gasteiger partial charge in [-0.15, -0.1) is 12.4 Å². The highest BCUT2D eigenvalue weighted by atomic mass is 35.5. The second-order valence-corrected chi connectivity index (χ2v) is 5.30. The molecule has 0 radical (unpaired) electrons. The summed E-state index contributed by atoms with van der Waals surface area (Å²) in [6, 6.07) is 11.7. The van der Waals surface area contributed by atoms with Crippen molar-refractivity contribution in [3.05, 3.63) is 59.7 Å². The average Bonchev–Trinajstić information content (AvgIpc) is 2.59. The van der Waals surface area contributed by atoms with Crippen LogP contribution in [-0.4, -0.2) is 19.1 Å². The molecule has 4 nitrogen and oxygen atoms in total. The van der Waals surface area contributed by atoms with Gasteiger partial charge in [0.1, 0.15) is 5.75 Å². The Kier molecular flexibility index (Phi) is 8.41. The van der Waals surface area contributed by atoms with E-state index in [1.807, 2.05) is 19.1 Å². The number of hydrogen-bond donors (Lipinski definition) is 2. The van der Waals surface area contributed by atoms with E-state index in [4.69, 9.17) is 4.74 Å². The van der Waals surface area contributed by atoms with E-state index in [2.05, 4.69) is 10.6 Å². The average molecular weight is 389 g/mol. The maximum atomic E-state index is 12.7. The summed E-state index contributed by atoms with van der Waals surface area (Å²) < 4.78 is 43.1. The number of amides is 1. The van der Waals surface area contributed by atoms with Crippen LogP contribution in [0.3, 0.4) is 0 Å². The molecule has 0 spiro atoms. The Bertz CT molecular complexity index is 724. The molecule has 2 rings (SSSR count). The minimum absolute atomic E-state index is 0. The molecule has 26 heavy (non-hydrogen) atoms. The molecule has 0 atom stereocenters. The first-order valence-electron chi connectivity index (χ1n) is 7.78. The fourth-order valence-corrected chi connectivity index (χ4v) is 2.15. The zero-order valence-corrected chi connectivity index (χ0v) is 14.9. The molecule has 0 aliphatic rings. The van der Waals surface area contributed by atoms with Crippen molar-refractivity contribution >= 4 is 24.0 Å². The van der Waals surface area contributed by atoms with Gasteiger partial charge >= 0.3 is 6.18 Å². The summed E-state index contributed by atoms with van der Waals surface area (Å²) >= 11 is 0. The van der Waals surface area contributed by atoms with Crippen LogP contribution in [0.15, 0.2) is 48.5 Å². The maximum absolute atomic E-state index is 12.7. The molecule has 2 aromatic rings. The summed E-state index contributed by atoms with van der Waals surface area (Å²) in [6.45, 7) is 2.99. The van der Waals surface area contributed by atoms with Gasteiger partial charge in [-0.05, 0) is 36.4 Å². The largest absolute Gasteiger partial charge is 0.484 e. The predicted octanol–water partition coefficient (Wildman–Crippen LogP) is 4.25. The lowest BCUT2D eigenvalue weighted by Gasteiger charge is -2.13. The molecule has 0 saturated heterocycles. The van der Waals surface area contributed by atoms with Crippen molar-refractivity contribution in [1.29, 1.82) is 0 Å². The minimum atomic E-state index is -4.45. The maximum Gasteiger partial charge on any atom is 0.416 e. The van der Waals surface area contributed by atoms with Crippen molar-refractivity contribution in [3.8, 4) is 5.75 Å². The van der Waals surface area contributed by atoms with Gasteiger partial charge in [0, 0.05) is 12.2 Å². The van der Waals surface area contributed by atoms with Gasteiger partial charge in [-0.1, -0.05) is 31.2 Å². The van der Waals surface area contributed by atoms with Crippen LogP contribution in [0, 0.1) is 0 Å². The van der Waals surface area contributed by atoms with Crippen molar-refractivity contribution in [3.63, 3.8) is 0 Å². The number of hydrogen-bond acceptors (Lipinski definition) is 3. The lowest BCUT2D eigenvalue weighted by atomic mass is 10.1. The number of benzene rings is 2. The Morgan fingerprint density at radius 3 is 2.54 bits per heavy atom. The van der Waals surface area contributed by atoms with Crippen LogP contribution in [-0.2, 0) is 17.5 Å². The van der Waals surface area contributed by atoms with E-state index in [0.717, 1.165) is 24.2 Å². The molecule has 0 heterocycles. The summed E-state index contributed by atoms with van der Waals surface area (Å²) in [4.78, 5) is 12.0. The SMILES string of the molecule is CCNCc1ccccc1NC(=O)COc1cccc(C(F)(F)F)c1.Cl. The van der Waals surface area contributed by atoms with E-state index in [1.54, 1.807) is 12.1 Å². The molecule has 0 aliphatic carbocycles. The van der Waals surface area contributed by atoms with Crippen LogP contribution in [0.5, 0.6) is 5.75 Å². The second kappa shape index (κ2) is 10.0. The number of rotatable bonds is 7. The Balaban J connectivity index is 0.00000338. The van der Waals surface area contributed by atoms with E-state index >= 15 is 0 Å². The first kappa shape index (κ1) is 21.8. The highest BCUT2D eigenvalue weighted by Crippen LogP contribution is 2.31. The fourth-order valence-electron chi connectivity index (χ4n) is 2.15. The third-order valence-electron chi connectivity index (χ3n) is 3.39. The Morgan fingerprint density at radius 1 is 1.12 bits per heavy atom. The van der Waals surface area contributed by atoms with Crippen LogP contribution in [0.25, 0.3) is 0 Å². The molecule has 0 fully saturated rings. The van der Waals surface area contributed by atoms with Gasteiger partial charge in [0.2, 0.25) is 0 Å². The Morgan fingerprint density at radius 2 is 1.85 bits per heavy atom. The third kappa shape index (κ3) is 6.57. The van der Waals surface area contributed by atoms with Crippen molar-refractivity contribution in [2.75, 3.05) is 18.5 Å². The monoisotopic (exact) mass is 388 g/mol. The summed E-state index contributed by atoms with van der Waals surface area (Å²) in [5.41, 5.74) is 0.735. The smallest absolute Gasteiger partial charge is 0.416 e. The number of nitrogens with one attached hydrogen (secondary N) is 2. The second-order valence-electron chi connectivity index (χ2n) is 5.30. The van der Waals surface area contributed by atoms with E-state index in [1.165, 1.54) is 12.1 Å². The van der Waals surface area contributed by atoms with Gasteiger partial charge in [0.05, 0.1) is 5.56 Å². The van der Waals surface area contributed by atoms with Crippen LogP contribution in [0.4, 0.5) is 18.9 Å². The van der Waals surface area contributed by atoms with Crippen LogP contribution in [0.1, 0.15) is 18.1 Å². The van der Waals surface area contributed by atoms with Gasteiger partial charge in [0.15, 0.2) is 6.61 Å². The lowest BCUT2D eigenvalue weighted by Crippen LogP contribution is -2.22. The van der Waals surface area contributed by atoms with Crippen molar-refractivity contribution in [1.82, 2.24) is 5.32 Å². The molecule has 2 aromatic carbocycles. The lowest BCUT2D eigenvalue weighted by molar-refractivity contribution is -0.137. The molecule has 0 aromatic heterocycles. The Labute approximate surface area is 156 Å². The quantitative estimate of drug-likeness (QED) is 0.745. The van der Waals surface area contributed by atoms with Gasteiger partial charge in [-0.25, -0.2) is 0 Å². The zero-order valence-electron chi connectivity index (χ0n) is 14.1. The number of carbonyl (C=O) groups is 1. The highest BCUT2D eigenvalue weighted by Gasteiger charge is 2.30. The number of carbonyl (C=O) groups excluding carboxylic acids is 1. The number of anilines is 1. The number of alkyl halides is 3. The standard InChI is InChI=1S/C18H19F3N2O2.ClH/c1-2-22-11-13-6-3-4-9-16(13)23-17(24)12-25-15-8-5-7-14(10-15)18(19,20)21;/h3-10,22H,2,11-12H2,1H3,(H,23,24);1H. The van der Waals surface area contributed by atoms with Crippen molar-refractivity contribution in [2.45, 2.75) is 19.6 Å². The summed E-state index contributed by atoms with van der Waals surface area (Å²) in [5, 5.41) is 5.88. The topological polar surface area (TPSA) is 50.4 Å². The fraction of sp³-hybridized carbons (Fsp3) is 0.278. The van der Waals surface area contributed by atoms with Gasteiger partial charge < -0.3 is 15.4 Å². The van der Waals surface area contributed by atoms with E-state index < -0.39 is 17.6 Å². The third-order valence-corrected chi connectivity index (χ3v) is 3.39. The normalized spacial score (nSPS) is 10.8. The van der Waals surface area contributed by atoms with Crippen LogP contribution < -0.4 is 15.4 Å². The molecular formula is C18H20ClF3N2O2. The summed E-state index contributed by atoms with van der Waals surface area (Å²) in [5.74, 6) is -0.452. The predicted molar refractivity (Wildman–Crippen MR) is 96.6 cm³/mol. The van der Waals surface area contributed by atoms with Crippen LogP contribution >= 0.6 is 12.4 Å². The molecular weight excluding hydrogens is 369 g/mol. The molecule has 0 unspecified atom stereocenters. The minimum Gasteiger partial charge on any atom is -0.484 e. The van der Waals surface area contributed by atoms with Crippen LogP contribution in [0.2, 0.25) is 0 Å². The van der Waals surface area contributed by atoms with Crippen molar-refractivity contribution < 1.29 is 22.7 Å². The van der Waals surface area contributed by atoms with Crippen molar-refractivity contribution in [2.24, 2.45) is 0 Å². The summed E-state index contributed by atoms with van der Waals surface area (Å²) in [6.07, 6.45) is -4.45. The molecule has 8 heteroatoms. The first-order chi connectivity index (χ1) is 11.9. The zero-order chi connectivity index (χ0) is 18.3. The molecule has 0 bridgehead atoms. The molecule has 1 amide bonds. The number of halogens is 4. The summed E-state index contributed by atoms with van der Waals surface area (Å²) in [7, 11) is 0. The molecule has 2 N–H and O–H groups in total. The molecule has 142 valence electrons. The highest BCUT2D eigenvalue weighted by molar-refractivity contribution is 5.92. The molecule has 0 aliphatic heterocycles. The number of ether oxygens (including phenoxy) is 1. The van der Waals surface area contributed by atoms with E-state index in [9.17, 15) is 18.0 Å².